The molecule has 0 heterocycles. The number of ether oxygens (including phenoxy) is 1. The van der Waals surface area contributed by atoms with E-state index in [1.165, 1.54) is 0 Å². The van der Waals surface area contributed by atoms with E-state index in [1.807, 2.05) is 91.9 Å². The lowest BCUT2D eigenvalue weighted by atomic mass is 10.0. The maximum atomic E-state index is 12.5. The molecule has 4 aromatic rings. The van der Waals surface area contributed by atoms with Crippen molar-refractivity contribution in [3.8, 4) is 16.9 Å². The van der Waals surface area contributed by atoms with Gasteiger partial charge in [0.1, 0.15) is 5.75 Å². The number of benzene rings is 4. The number of carbonyl (C=O) groups excluding carboxylic acids is 2. The van der Waals surface area contributed by atoms with Crippen LogP contribution in [0.15, 0.2) is 109 Å². The normalized spacial score (nSPS) is 10.8. The molecule has 0 radical (unpaired) electrons. The Morgan fingerprint density at radius 3 is 2.00 bits per heavy atom. The fourth-order valence-corrected chi connectivity index (χ4v) is 3.34. The SMILES string of the molecule is Cc1ccccc1C(=O)Oc1ccc(C=CC(=O)c2ccc(-c3ccccc3)cc2)cc1. The van der Waals surface area contributed by atoms with Crippen LogP contribution in [0.3, 0.4) is 0 Å². The van der Waals surface area contributed by atoms with Gasteiger partial charge < -0.3 is 4.74 Å². The van der Waals surface area contributed by atoms with Crippen molar-refractivity contribution in [2.24, 2.45) is 0 Å². The predicted octanol–water partition coefficient (Wildman–Crippen LogP) is 6.78. The van der Waals surface area contributed by atoms with E-state index in [0.29, 0.717) is 16.9 Å². The third kappa shape index (κ3) is 5.08. The zero-order valence-corrected chi connectivity index (χ0v) is 17.7. The van der Waals surface area contributed by atoms with Crippen molar-refractivity contribution in [2.75, 3.05) is 0 Å². The monoisotopic (exact) mass is 418 g/mol. The molecule has 0 fully saturated rings. The maximum absolute atomic E-state index is 12.5. The first-order valence-corrected chi connectivity index (χ1v) is 10.4. The molecule has 32 heavy (non-hydrogen) atoms. The van der Waals surface area contributed by atoms with Gasteiger partial charge in [0.15, 0.2) is 5.78 Å². The minimum atomic E-state index is -0.388. The lowest BCUT2D eigenvalue weighted by Crippen LogP contribution is -2.09. The Morgan fingerprint density at radius 2 is 1.31 bits per heavy atom. The van der Waals surface area contributed by atoms with Gasteiger partial charge in [-0.25, -0.2) is 4.79 Å². The summed E-state index contributed by atoms with van der Waals surface area (Å²) in [6.07, 6.45) is 3.30. The molecule has 0 aliphatic carbocycles. The Balaban J connectivity index is 1.39. The van der Waals surface area contributed by atoms with Gasteiger partial charge in [0.25, 0.3) is 0 Å². The Morgan fingerprint density at radius 1 is 0.688 bits per heavy atom. The molecule has 0 amide bonds. The molecule has 0 saturated carbocycles. The number of hydrogen-bond donors (Lipinski definition) is 0. The van der Waals surface area contributed by atoms with Gasteiger partial charge in [-0.1, -0.05) is 91.0 Å². The van der Waals surface area contributed by atoms with Crippen molar-refractivity contribution in [3.63, 3.8) is 0 Å². The maximum Gasteiger partial charge on any atom is 0.343 e. The highest BCUT2D eigenvalue weighted by molar-refractivity contribution is 6.07. The van der Waals surface area contributed by atoms with Gasteiger partial charge in [-0.15, -0.1) is 0 Å². The van der Waals surface area contributed by atoms with Crippen LogP contribution in [-0.4, -0.2) is 11.8 Å². The third-order valence-corrected chi connectivity index (χ3v) is 5.16. The number of rotatable bonds is 6. The van der Waals surface area contributed by atoms with Gasteiger partial charge in [-0.3, -0.25) is 4.79 Å². The molecule has 3 heteroatoms. The number of aryl methyl sites for hydroxylation is 1. The number of carbonyl (C=O) groups is 2. The summed E-state index contributed by atoms with van der Waals surface area (Å²) in [6, 6.07) is 32.0. The van der Waals surface area contributed by atoms with Gasteiger partial charge in [-0.05, 0) is 53.5 Å². The second kappa shape index (κ2) is 9.71. The summed E-state index contributed by atoms with van der Waals surface area (Å²) in [5, 5.41) is 0. The second-order valence-corrected chi connectivity index (χ2v) is 7.41. The van der Waals surface area contributed by atoms with E-state index >= 15 is 0 Å². The van der Waals surface area contributed by atoms with Gasteiger partial charge in [0.05, 0.1) is 5.56 Å². The van der Waals surface area contributed by atoms with Crippen molar-refractivity contribution < 1.29 is 14.3 Å². The first-order chi connectivity index (χ1) is 15.6. The van der Waals surface area contributed by atoms with E-state index in [2.05, 4.69) is 0 Å². The molecule has 0 spiro atoms. The predicted molar refractivity (Wildman–Crippen MR) is 128 cm³/mol. The number of esters is 1. The average Bonchev–Trinajstić information content (AvgIpc) is 2.84. The summed E-state index contributed by atoms with van der Waals surface area (Å²) in [6.45, 7) is 1.87. The Labute approximate surface area is 187 Å². The molecule has 0 atom stereocenters. The van der Waals surface area contributed by atoms with Gasteiger partial charge in [-0.2, -0.15) is 0 Å². The minimum Gasteiger partial charge on any atom is -0.423 e. The fraction of sp³-hybridized carbons (Fsp3) is 0.0345. The van der Waals surface area contributed by atoms with Crippen LogP contribution in [0, 0.1) is 6.92 Å². The largest absolute Gasteiger partial charge is 0.423 e. The number of allylic oxidation sites excluding steroid dienone is 1. The first kappa shape index (κ1) is 21.0. The van der Waals surface area contributed by atoms with Crippen LogP contribution in [-0.2, 0) is 0 Å². The summed E-state index contributed by atoms with van der Waals surface area (Å²) in [4.78, 5) is 24.8. The molecule has 0 aromatic heterocycles. The smallest absolute Gasteiger partial charge is 0.343 e. The highest BCUT2D eigenvalue weighted by atomic mass is 16.5. The zero-order chi connectivity index (χ0) is 22.3. The molecular formula is C29H22O3. The Hall–Kier alpha value is -4.24. The number of hydrogen-bond acceptors (Lipinski definition) is 3. The van der Waals surface area contributed by atoms with Gasteiger partial charge in [0.2, 0.25) is 0 Å². The van der Waals surface area contributed by atoms with Gasteiger partial charge >= 0.3 is 5.97 Å². The summed E-state index contributed by atoms with van der Waals surface area (Å²) in [5.41, 5.74) is 5.07. The molecule has 156 valence electrons. The van der Waals surface area contributed by atoms with Crippen LogP contribution in [0.1, 0.15) is 31.8 Å². The lowest BCUT2D eigenvalue weighted by Gasteiger charge is -2.06. The van der Waals surface area contributed by atoms with Crippen LogP contribution in [0.2, 0.25) is 0 Å². The van der Waals surface area contributed by atoms with E-state index in [9.17, 15) is 9.59 Å². The molecule has 3 nitrogen and oxygen atoms in total. The van der Waals surface area contributed by atoms with E-state index in [-0.39, 0.29) is 11.8 Å². The van der Waals surface area contributed by atoms with E-state index < -0.39 is 0 Å². The molecule has 0 aliphatic rings. The first-order valence-electron chi connectivity index (χ1n) is 10.4. The molecule has 0 aliphatic heterocycles. The van der Waals surface area contributed by atoms with Crippen molar-refractivity contribution in [1.82, 2.24) is 0 Å². The standard InChI is InChI=1S/C29H22O3/c1-21-7-5-6-10-27(21)29(31)32-26-18-11-22(12-19-26)13-20-28(30)25-16-14-24(15-17-25)23-8-3-2-4-9-23/h2-20H,1H3. The van der Waals surface area contributed by atoms with Crippen LogP contribution in [0.25, 0.3) is 17.2 Å². The molecule has 4 aromatic carbocycles. The second-order valence-electron chi connectivity index (χ2n) is 7.41. The van der Waals surface area contributed by atoms with E-state index in [0.717, 1.165) is 22.3 Å². The summed E-state index contributed by atoms with van der Waals surface area (Å²) in [7, 11) is 0. The summed E-state index contributed by atoms with van der Waals surface area (Å²) < 4.78 is 5.45. The van der Waals surface area contributed by atoms with Crippen LogP contribution < -0.4 is 4.74 Å². The Bertz CT molecular complexity index is 1250. The molecule has 0 N–H and O–H groups in total. The van der Waals surface area contributed by atoms with Crippen LogP contribution >= 0.6 is 0 Å². The molecule has 4 rings (SSSR count). The molecule has 0 bridgehead atoms. The highest BCUT2D eigenvalue weighted by Gasteiger charge is 2.10. The van der Waals surface area contributed by atoms with Crippen molar-refractivity contribution >= 4 is 17.8 Å². The lowest BCUT2D eigenvalue weighted by molar-refractivity contribution is 0.0734. The van der Waals surface area contributed by atoms with E-state index in [1.54, 1.807) is 30.4 Å². The fourth-order valence-electron chi connectivity index (χ4n) is 3.34. The van der Waals surface area contributed by atoms with Crippen LogP contribution in [0.5, 0.6) is 5.75 Å². The topological polar surface area (TPSA) is 43.4 Å². The molecule has 0 unspecified atom stereocenters. The quantitative estimate of drug-likeness (QED) is 0.150. The molecular weight excluding hydrogens is 396 g/mol. The Kier molecular flexibility index (Phi) is 6.38. The summed E-state index contributed by atoms with van der Waals surface area (Å²) in [5.74, 6) is -0.00146. The highest BCUT2D eigenvalue weighted by Crippen LogP contribution is 2.20. The van der Waals surface area contributed by atoms with Crippen molar-refractivity contribution in [3.05, 3.63) is 131 Å². The van der Waals surface area contributed by atoms with Crippen LogP contribution in [0.4, 0.5) is 0 Å². The van der Waals surface area contributed by atoms with Gasteiger partial charge in [0, 0.05) is 5.56 Å². The summed E-state index contributed by atoms with van der Waals surface area (Å²) >= 11 is 0. The van der Waals surface area contributed by atoms with Crippen molar-refractivity contribution in [1.29, 1.82) is 0 Å². The van der Waals surface area contributed by atoms with Crippen molar-refractivity contribution in [2.45, 2.75) is 6.92 Å². The van der Waals surface area contributed by atoms with E-state index in [4.69, 9.17) is 4.74 Å². The number of ketones is 1. The molecule has 0 saturated heterocycles. The zero-order valence-electron chi connectivity index (χ0n) is 17.7. The average molecular weight is 418 g/mol. The minimum absolute atomic E-state index is 0.0698. The third-order valence-electron chi connectivity index (χ3n) is 5.16.